The van der Waals surface area contributed by atoms with Crippen LogP contribution in [0.2, 0.25) is 0 Å². The minimum atomic E-state index is -0.917. The first-order valence-electron chi connectivity index (χ1n) is 7.66. The van der Waals surface area contributed by atoms with E-state index in [-0.39, 0.29) is 24.5 Å². The zero-order valence-corrected chi connectivity index (χ0v) is 13.1. The number of nitrogens with one attached hydrogen (secondary N) is 1. The SMILES string of the molecule is CC(C)C(C)(O)CNC(=O)c1ccccc1OC1CCC1. The molecule has 1 aliphatic carbocycles. The first-order valence-corrected chi connectivity index (χ1v) is 7.66. The molecular weight excluding hydrogens is 266 g/mol. The van der Waals surface area contributed by atoms with Crippen LogP contribution in [0, 0.1) is 5.92 Å². The van der Waals surface area contributed by atoms with Crippen LogP contribution in [0.4, 0.5) is 0 Å². The van der Waals surface area contributed by atoms with Crippen LogP contribution < -0.4 is 10.1 Å². The highest BCUT2D eigenvalue weighted by Gasteiger charge is 2.26. The summed E-state index contributed by atoms with van der Waals surface area (Å²) in [6.45, 7) is 5.82. The van der Waals surface area contributed by atoms with Gasteiger partial charge in [0.2, 0.25) is 0 Å². The Morgan fingerprint density at radius 3 is 2.67 bits per heavy atom. The van der Waals surface area contributed by atoms with Gasteiger partial charge in [-0.25, -0.2) is 0 Å². The fraction of sp³-hybridized carbons (Fsp3) is 0.588. The molecule has 0 spiro atoms. The molecule has 1 amide bonds. The first kappa shape index (κ1) is 15.8. The number of benzene rings is 1. The smallest absolute Gasteiger partial charge is 0.255 e. The van der Waals surface area contributed by atoms with Crippen LogP contribution in [-0.4, -0.2) is 29.3 Å². The standard InChI is InChI=1S/C17H25NO3/c1-12(2)17(3,20)11-18-16(19)14-9-4-5-10-15(14)21-13-7-6-8-13/h4-5,9-10,12-13,20H,6-8,11H2,1-3H3,(H,18,19). The summed E-state index contributed by atoms with van der Waals surface area (Å²) in [6, 6.07) is 7.28. The van der Waals surface area contributed by atoms with Gasteiger partial charge in [-0.15, -0.1) is 0 Å². The van der Waals surface area contributed by atoms with E-state index < -0.39 is 5.60 Å². The molecule has 21 heavy (non-hydrogen) atoms. The Hall–Kier alpha value is -1.55. The number of ether oxygens (including phenoxy) is 1. The molecule has 116 valence electrons. The molecule has 0 aromatic heterocycles. The number of rotatable bonds is 6. The quantitative estimate of drug-likeness (QED) is 0.847. The Balaban J connectivity index is 2.01. The monoisotopic (exact) mass is 291 g/mol. The molecule has 2 rings (SSSR count). The van der Waals surface area contributed by atoms with Crippen LogP contribution in [-0.2, 0) is 0 Å². The van der Waals surface area contributed by atoms with Crippen molar-refractivity contribution in [1.82, 2.24) is 5.32 Å². The topological polar surface area (TPSA) is 58.6 Å². The first-order chi connectivity index (χ1) is 9.90. The maximum Gasteiger partial charge on any atom is 0.255 e. The minimum absolute atomic E-state index is 0.0688. The highest BCUT2D eigenvalue weighted by Crippen LogP contribution is 2.27. The molecule has 1 atom stereocenters. The van der Waals surface area contributed by atoms with E-state index in [1.54, 1.807) is 13.0 Å². The molecule has 0 radical (unpaired) electrons. The van der Waals surface area contributed by atoms with Crippen molar-refractivity contribution in [2.24, 2.45) is 5.92 Å². The van der Waals surface area contributed by atoms with Crippen LogP contribution in [0.25, 0.3) is 0 Å². The normalized spacial score (nSPS) is 18.0. The van der Waals surface area contributed by atoms with Crippen molar-refractivity contribution >= 4 is 5.91 Å². The summed E-state index contributed by atoms with van der Waals surface area (Å²) in [6.07, 6.45) is 3.53. The van der Waals surface area contributed by atoms with E-state index in [0.29, 0.717) is 11.3 Å². The van der Waals surface area contributed by atoms with Gasteiger partial charge in [0.15, 0.2) is 0 Å². The fourth-order valence-corrected chi connectivity index (χ4v) is 1.98. The lowest BCUT2D eigenvalue weighted by atomic mass is 9.92. The zero-order valence-electron chi connectivity index (χ0n) is 13.1. The summed E-state index contributed by atoms with van der Waals surface area (Å²) >= 11 is 0. The van der Waals surface area contributed by atoms with E-state index in [9.17, 15) is 9.90 Å². The summed E-state index contributed by atoms with van der Waals surface area (Å²) in [5, 5.41) is 13.0. The number of amides is 1. The molecule has 0 heterocycles. The third-order valence-electron chi connectivity index (χ3n) is 4.33. The summed E-state index contributed by atoms with van der Waals surface area (Å²) in [5.74, 6) is 0.494. The molecular formula is C17H25NO3. The predicted octanol–water partition coefficient (Wildman–Crippen LogP) is 2.75. The molecule has 4 heteroatoms. The minimum Gasteiger partial charge on any atom is -0.490 e. The van der Waals surface area contributed by atoms with E-state index in [2.05, 4.69) is 5.32 Å². The number of para-hydroxylation sites is 1. The number of hydrogen-bond donors (Lipinski definition) is 2. The van der Waals surface area contributed by atoms with Crippen molar-refractivity contribution in [2.75, 3.05) is 6.54 Å². The molecule has 0 saturated heterocycles. The third kappa shape index (κ3) is 3.97. The molecule has 1 unspecified atom stereocenters. The summed E-state index contributed by atoms with van der Waals surface area (Å²) in [4.78, 5) is 12.3. The summed E-state index contributed by atoms with van der Waals surface area (Å²) in [7, 11) is 0. The third-order valence-corrected chi connectivity index (χ3v) is 4.33. The number of hydrogen-bond acceptors (Lipinski definition) is 3. The van der Waals surface area contributed by atoms with E-state index >= 15 is 0 Å². The molecule has 0 aliphatic heterocycles. The largest absolute Gasteiger partial charge is 0.490 e. The van der Waals surface area contributed by atoms with Gasteiger partial charge in [0, 0.05) is 6.54 Å². The van der Waals surface area contributed by atoms with Gasteiger partial charge in [-0.3, -0.25) is 4.79 Å². The maximum atomic E-state index is 12.3. The van der Waals surface area contributed by atoms with Crippen LogP contribution in [0.1, 0.15) is 50.4 Å². The van der Waals surface area contributed by atoms with Gasteiger partial charge in [0.1, 0.15) is 5.75 Å². The Kier molecular flexibility index (Phi) is 4.88. The lowest BCUT2D eigenvalue weighted by Gasteiger charge is -2.29. The number of aliphatic hydroxyl groups is 1. The number of carbonyl (C=O) groups is 1. The molecule has 1 aromatic carbocycles. The predicted molar refractivity (Wildman–Crippen MR) is 82.5 cm³/mol. The van der Waals surface area contributed by atoms with Gasteiger partial charge in [-0.1, -0.05) is 26.0 Å². The van der Waals surface area contributed by atoms with Crippen LogP contribution in [0.15, 0.2) is 24.3 Å². The molecule has 1 fully saturated rings. The van der Waals surface area contributed by atoms with Crippen molar-refractivity contribution in [1.29, 1.82) is 0 Å². The zero-order chi connectivity index (χ0) is 15.5. The van der Waals surface area contributed by atoms with Gasteiger partial charge in [0.05, 0.1) is 17.3 Å². The van der Waals surface area contributed by atoms with E-state index in [1.165, 1.54) is 6.42 Å². The van der Waals surface area contributed by atoms with Gasteiger partial charge in [-0.2, -0.15) is 0 Å². The Morgan fingerprint density at radius 1 is 1.43 bits per heavy atom. The molecule has 1 saturated carbocycles. The van der Waals surface area contributed by atoms with E-state index in [1.807, 2.05) is 32.0 Å². The molecule has 0 bridgehead atoms. The van der Waals surface area contributed by atoms with Gasteiger partial charge < -0.3 is 15.2 Å². The highest BCUT2D eigenvalue weighted by molar-refractivity contribution is 5.96. The van der Waals surface area contributed by atoms with Crippen LogP contribution >= 0.6 is 0 Å². The number of carbonyl (C=O) groups excluding carboxylic acids is 1. The summed E-state index contributed by atoms with van der Waals surface area (Å²) in [5.41, 5.74) is -0.386. The van der Waals surface area contributed by atoms with Crippen molar-refractivity contribution in [2.45, 2.75) is 51.7 Å². The molecule has 4 nitrogen and oxygen atoms in total. The van der Waals surface area contributed by atoms with E-state index in [4.69, 9.17) is 4.74 Å². The van der Waals surface area contributed by atoms with Crippen molar-refractivity contribution < 1.29 is 14.6 Å². The van der Waals surface area contributed by atoms with Crippen molar-refractivity contribution in [3.63, 3.8) is 0 Å². The molecule has 1 aliphatic rings. The van der Waals surface area contributed by atoms with Gasteiger partial charge >= 0.3 is 0 Å². The van der Waals surface area contributed by atoms with Crippen LogP contribution in [0.3, 0.4) is 0 Å². The average Bonchev–Trinajstić information content (AvgIpc) is 2.40. The molecule has 2 N–H and O–H groups in total. The van der Waals surface area contributed by atoms with E-state index in [0.717, 1.165) is 12.8 Å². The van der Waals surface area contributed by atoms with Crippen molar-refractivity contribution in [3.8, 4) is 5.75 Å². The molecule has 1 aromatic rings. The van der Waals surface area contributed by atoms with Crippen LogP contribution in [0.5, 0.6) is 5.75 Å². The van der Waals surface area contributed by atoms with Crippen molar-refractivity contribution in [3.05, 3.63) is 29.8 Å². The highest BCUT2D eigenvalue weighted by atomic mass is 16.5. The van der Waals surface area contributed by atoms with Gasteiger partial charge in [0.25, 0.3) is 5.91 Å². The lowest BCUT2D eigenvalue weighted by molar-refractivity contribution is 0.0141. The summed E-state index contributed by atoms with van der Waals surface area (Å²) < 4.78 is 5.86. The fourth-order valence-electron chi connectivity index (χ4n) is 1.98. The van der Waals surface area contributed by atoms with Gasteiger partial charge in [-0.05, 0) is 44.2 Å². The average molecular weight is 291 g/mol. The second-order valence-corrected chi connectivity index (χ2v) is 6.36. The Labute approximate surface area is 126 Å². The second kappa shape index (κ2) is 6.48. The maximum absolute atomic E-state index is 12.3. The lowest BCUT2D eigenvalue weighted by Crippen LogP contribution is -2.44. The Morgan fingerprint density at radius 2 is 2.10 bits per heavy atom. The second-order valence-electron chi connectivity index (χ2n) is 6.36. The Bertz CT molecular complexity index is 493.